The number of nitrogens with zero attached hydrogens (tertiary/aromatic N) is 1. The Morgan fingerprint density at radius 3 is 2.79 bits per heavy atom. The molecule has 0 radical (unpaired) electrons. The van der Waals surface area contributed by atoms with Crippen molar-refractivity contribution in [1.29, 1.82) is 0 Å². The summed E-state index contributed by atoms with van der Waals surface area (Å²) >= 11 is 11.2. The van der Waals surface area contributed by atoms with E-state index in [4.69, 9.17) is 28.3 Å². The first-order valence-electron chi connectivity index (χ1n) is 4.38. The van der Waals surface area contributed by atoms with Crippen LogP contribution >= 0.6 is 23.2 Å². The summed E-state index contributed by atoms with van der Waals surface area (Å²) in [6, 6.07) is 0. The molecule has 1 unspecified atom stereocenters. The number of halogens is 2. The lowest BCUT2D eigenvalue weighted by Crippen LogP contribution is -2.32. The number of rotatable bonds is 3. The normalized spacial score (nSPS) is 29.5. The van der Waals surface area contributed by atoms with E-state index < -0.39 is 11.4 Å². The van der Waals surface area contributed by atoms with E-state index in [9.17, 15) is 4.79 Å². The number of likely N-dealkylation sites (tertiary alicyclic amines) is 1. The summed E-state index contributed by atoms with van der Waals surface area (Å²) in [5.74, 6) is -0.744. The van der Waals surface area contributed by atoms with Crippen molar-refractivity contribution < 1.29 is 9.90 Å². The van der Waals surface area contributed by atoms with Crippen LogP contribution in [-0.4, -0.2) is 35.6 Å². The van der Waals surface area contributed by atoms with E-state index in [-0.39, 0.29) is 0 Å². The Morgan fingerprint density at radius 1 is 1.71 bits per heavy atom. The van der Waals surface area contributed by atoms with Gasteiger partial charge in [0, 0.05) is 23.7 Å². The van der Waals surface area contributed by atoms with Crippen molar-refractivity contribution in [3.8, 4) is 0 Å². The molecule has 5 heteroatoms. The Labute approximate surface area is 93.3 Å². The molecular formula is C9H13Cl2NO2. The molecule has 1 aliphatic rings. The molecule has 0 amide bonds. The second-order valence-electron chi connectivity index (χ2n) is 3.88. The molecule has 0 aromatic heterocycles. The highest BCUT2D eigenvalue weighted by molar-refractivity contribution is 6.36. The van der Waals surface area contributed by atoms with Gasteiger partial charge in [-0.2, -0.15) is 0 Å². The summed E-state index contributed by atoms with van der Waals surface area (Å²) in [6.07, 6.45) is 0.661. The third-order valence-corrected chi connectivity index (χ3v) is 3.17. The van der Waals surface area contributed by atoms with Gasteiger partial charge in [0.15, 0.2) is 0 Å². The molecule has 0 bridgehead atoms. The molecule has 1 fully saturated rings. The number of hydrogen-bond donors (Lipinski definition) is 1. The fraction of sp³-hybridized carbons (Fsp3) is 0.667. The number of hydrogen-bond acceptors (Lipinski definition) is 2. The van der Waals surface area contributed by atoms with Crippen molar-refractivity contribution in [2.75, 3.05) is 19.6 Å². The van der Waals surface area contributed by atoms with Crippen LogP contribution in [0.5, 0.6) is 0 Å². The van der Waals surface area contributed by atoms with Gasteiger partial charge in [0.05, 0.1) is 5.41 Å². The molecule has 0 aliphatic carbocycles. The van der Waals surface area contributed by atoms with Crippen LogP contribution in [0, 0.1) is 5.41 Å². The summed E-state index contributed by atoms with van der Waals surface area (Å²) < 4.78 is 0. The average molecular weight is 238 g/mol. The van der Waals surface area contributed by atoms with Crippen LogP contribution in [0.2, 0.25) is 0 Å². The molecule has 1 aliphatic heterocycles. The monoisotopic (exact) mass is 237 g/mol. The predicted molar refractivity (Wildman–Crippen MR) is 56.6 cm³/mol. The lowest BCUT2D eigenvalue weighted by Gasteiger charge is -2.19. The smallest absolute Gasteiger partial charge is 0.310 e. The molecule has 1 saturated heterocycles. The van der Waals surface area contributed by atoms with Crippen LogP contribution in [0.1, 0.15) is 13.3 Å². The van der Waals surface area contributed by atoms with Gasteiger partial charge in [-0.05, 0) is 19.9 Å². The second-order valence-corrected chi connectivity index (χ2v) is 4.59. The average Bonchev–Trinajstić information content (AvgIpc) is 2.49. The van der Waals surface area contributed by atoms with Crippen LogP contribution in [0.3, 0.4) is 0 Å². The molecule has 80 valence electrons. The third-order valence-electron chi connectivity index (χ3n) is 2.56. The van der Waals surface area contributed by atoms with Crippen molar-refractivity contribution >= 4 is 29.2 Å². The van der Waals surface area contributed by atoms with Crippen LogP contribution in [0.4, 0.5) is 0 Å². The van der Waals surface area contributed by atoms with E-state index in [0.29, 0.717) is 24.5 Å². The van der Waals surface area contributed by atoms with Crippen LogP contribution in [0.15, 0.2) is 10.6 Å². The maximum atomic E-state index is 10.9. The maximum absolute atomic E-state index is 10.9. The van der Waals surface area contributed by atoms with Gasteiger partial charge in [0.1, 0.15) is 0 Å². The molecular weight excluding hydrogens is 225 g/mol. The van der Waals surface area contributed by atoms with Crippen molar-refractivity contribution in [3.63, 3.8) is 0 Å². The highest BCUT2D eigenvalue weighted by Crippen LogP contribution is 2.30. The minimum atomic E-state index is -0.744. The first kappa shape index (κ1) is 11.8. The van der Waals surface area contributed by atoms with Crippen molar-refractivity contribution in [3.05, 3.63) is 10.6 Å². The molecule has 1 atom stereocenters. The maximum Gasteiger partial charge on any atom is 0.310 e. The lowest BCUT2D eigenvalue weighted by atomic mass is 9.90. The number of carboxylic acid groups (broad SMARTS) is 1. The molecule has 14 heavy (non-hydrogen) atoms. The van der Waals surface area contributed by atoms with Gasteiger partial charge in [-0.25, -0.2) is 0 Å². The van der Waals surface area contributed by atoms with Gasteiger partial charge in [0.2, 0.25) is 0 Å². The van der Waals surface area contributed by atoms with E-state index in [1.165, 1.54) is 5.54 Å². The summed E-state index contributed by atoms with van der Waals surface area (Å²) in [4.78, 5) is 12.9. The lowest BCUT2D eigenvalue weighted by molar-refractivity contribution is -0.147. The SMILES string of the molecule is CC1(C(=O)O)CCN(CC(Cl)=CCl)C1. The molecule has 0 spiro atoms. The zero-order chi connectivity index (χ0) is 10.8. The molecule has 1 heterocycles. The summed E-state index contributed by atoms with van der Waals surface area (Å²) in [5.41, 5.74) is 0.682. The second kappa shape index (κ2) is 4.51. The molecule has 0 saturated carbocycles. The van der Waals surface area contributed by atoms with E-state index in [1.54, 1.807) is 6.92 Å². The fourth-order valence-electron chi connectivity index (χ4n) is 1.61. The molecule has 1 N–H and O–H groups in total. The summed E-state index contributed by atoms with van der Waals surface area (Å²) in [7, 11) is 0. The minimum absolute atomic E-state index is 0.531. The molecule has 3 nitrogen and oxygen atoms in total. The highest BCUT2D eigenvalue weighted by Gasteiger charge is 2.40. The number of carbonyl (C=O) groups is 1. The fourth-order valence-corrected chi connectivity index (χ4v) is 1.85. The van der Waals surface area contributed by atoms with E-state index in [2.05, 4.69) is 0 Å². The zero-order valence-corrected chi connectivity index (χ0v) is 9.48. The van der Waals surface area contributed by atoms with Gasteiger partial charge >= 0.3 is 5.97 Å². The van der Waals surface area contributed by atoms with Crippen molar-refractivity contribution in [2.24, 2.45) is 5.41 Å². The van der Waals surface area contributed by atoms with Crippen molar-refractivity contribution in [1.82, 2.24) is 4.90 Å². The topological polar surface area (TPSA) is 40.5 Å². The molecule has 1 rings (SSSR count). The third kappa shape index (κ3) is 2.62. The minimum Gasteiger partial charge on any atom is -0.481 e. The Balaban J connectivity index is 2.53. The van der Waals surface area contributed by atoms with Gasteiger partial charge in [-0.15, -0.1) is 0 Å². The first-order chi connectivity index (χ1) is 6.48. The number of carboxylic acids is 1. The van der Waals surface area contributed by atoms with Crippen molar-refractivity contribution in [2.45, 2.75) is 13.3 Å². The van der Waals surface area contributed by atoms with E-state index in [1.807, 2.05) is 4.90 Å². The van der Waals surface area contributed by atoms with Gasteiger partial charge in [-0.1, -0.05) is 23.2 Å². The highest BCUT2D eigenvalue weighted by atomic mass is 35.5. The number of aliphatic carboxylic acids is 1. The molecule has 0 aromatic rings. The molecule has 0 aromatic carbocycles. The summed E-state index contributed by atoms with van der Waals surface area (Å²) in [6.45, 7) is 3.58. The quantitative estimate of drug-likeness (QED) is 0.818. The van der Waals surface area contributed by atoms with Gasteiger partial charge in [-0.3, -0.25) is 9.69 Å². The van der Waals surface area contributed by atoms with E-state index in [0.717, 1.165) is 6.54 Å². The Hall–Kier alpha value is -0.250. The van der Waals surface area contributed by atoms with Crippen LogP contribution in [0.25, 0.3) is 0 Å². The summed E-state index contributed by atoms with van der Waals surface area (Å²) in [5, 5.41) is 9.52. The largest absolute Gasteiger partial charge is 0.481 e. The predicted octanol–water partition coefficient (Wildman–Crippen LogP) is 2.10. The Bertz CT molecular complexity index is 268. The van der Waals surface area contributed by atoms with Gasteiger partial charge < -0.3 is 5.11 Å². The zero-order valence-electron chi connectivity index (χ0n) is 7.96. The van der Waals surface area contributed by atoms with Gasteiger partial charge in [0.25, 0.3) is 0 Å². The van der Waals surface area contributed by atoms with Crippen LogP contribution in [-0.2, 0) is 4.79 Å². The first-order valence-corrected chi connectivity index (χ1v) is 5.20. The Kier molecular flexibility index (Phi) is 3.81. The van der Waals surface area contributed by atoms with E-state index >= 15 is 0 Å². The van der Waals surface area contributed by atoms with Crippen LogP contribution < -0.4 is 0 Å². The standard InChI is InChI=1S/C9H13Cl2NO2/c1-9(8(13)14)2-3-12(6-9)5-7(11)4-10/h4H,2-3,5-6H2,1H3,(H,13,14). The Morgan fingerprint density at radius 2 is 2.36 bits per heavy atom.